The van der Waals surface area contributed by atoms with Crippen molar-refractivity contribution in [3.63, 3.8) is 0 Å². The van der Waals surface area contributed by atoms with Crippen molar-refractivity contribution in [2.75, 3.05) is 13.1 Å². The third-order valence-corrected chi connectivity index (χ3v) is 4.82. The molecule has 4 heterocycles. The number of rotatable bonds is 1. The molecule has 0 fully saturated rings. The summed E-state index contributed by atoms with van der Waals surface area (Å²) in [5, 5.41) is 0. The highest BCUT2D eigenvalue weighted by Gasteiger charge is 2.37. The summed E-state index contributed by atoms with van der Waals surface area (Å²) in [6.07, 6.45) is 15.1. The van der Waals surface area contributed by atoms with Crippen LogP contribution in [0.1, 0.15) is 25.7 Å². The Morgan fingerprint density at radius 3 is 3.15 bits per heavy atom. The molecule has 0 aromatic carbocycles. The van der Waals surface area contributed by atoms with Crippen molar-refractivity contribution in [2.24, 2.45) is 20.9 Å². The Bertz CT molecular complexity index is 537. The zero-order valence-corrected chi connectivity index (χ0v) is 11.7. The molecule has 0 saturated carbocycles. The van der Waals surface area contributed by atoms with Crippen molar-refractivity contribution < 1.29 is 0 Å². The van der Waals surface area contributed by atoms with E-state index in [9.17, 15) is 0 Å². The van der Waals surface area contributed by atoms with Crippen LogP contribution >= 0.6 is 0 Å². The van der Waals surface area contributed by atoms with Crippen LogP contribution < -0.4 is 0 Å². The first-order chi connectivity index (χ1) is 9.93. The van der Waals surface area contributed by atoms with Crippen LogP contribution in [0.25, 0.3) is 0 Å². The maximum atomic E-state index is 4.63. The maximum Gasteiger partial charge on any atom is 0.0890 e. The summed E-state index contributed by atoms with van der Waals surface area (Å²) in [5.41, 5.74) is 2.99. The van der Waals surface area contributed by atoms with Crippen LogP contribution in [-0.4, -0.2) is 48.7 Å². The lowest BCUT2D eigenvalue weighted by Crippen LogP contribution is -2.47. The van der Waals surface area contributed by atoms with Crippen LogP contribution in [0.5, 0.6) is 0 Å². The number of aliphatic imine (C=N–C) groups is 3. The first-order valence-corrected chi connectivity index (χ1v) is 7.59. The van der Waals surface area contributed by atoms with Gasteiger partial charge in [-0.05, 0) is 18.4 Å². The van der Waals surface area contributed by atoms with Gasteiger partial charge in [0.25, 0.3) is 0 Å². The highest BCUT2D eigenvalue weighted by Crippen LogP contribution is 2.34. The second kappa shape index (κ2) is 5.00. The lowest BCUT2D eigenvalue weighted by atomic mass is 9.82. The van der Waals surface area contributed by atoms with Crippen LogP contribution in [0.4, 0.5) is 0 Å². The standard InChI is InChI=1S/C16H20N4/c1-2-12-3-6-18-11-16(12)20(9-1)15-5-8-19-14-10-17-7-4-13(14)15/h1,6,8-10,13-15H,2-5,7,11H2. The zero-order valence-electron chi connectivity index (χ0n) is 11.7. The summed E-state index contributed by atoms with van der Waals surface area (Å²) in [6, 6.07) is 0.813. The maximum absolute atomic E-state index is 4.63. The third kappa shape index (κ3) is 1.94. The highest BCUT2D eigenvalue weighted by atomic mass is 15.2. The fraction of sp³-hybridized carbons (Fsp3) is 0.562. The van der Waals surface area contributed by atoms with Gasteiger partial charge in [0.15, 0.2) is 0 Å². The quantitative estimate of drug-likeness (QED) is 0.719. The minimum Gasteiger partial charge on any atom is -0.346 e. The van der Waals surface area contributed by atoms with E-state index in [0.29, 0.717) is 12.0 Å². The predicted molar refractivity (Wildman–Crippen MR) is 82.7 cm³/mol. The van der Waals surface area contributed by atoms with E-state index < -0.39 is 0 Å². The molecular formula is C16H20N4. The van der Waals surface area contributed by atoms with E-state index in [4.69, 9.17) is 0 Å². The molecule has 0 amide bonds. The summed E-state index contributed by atoms with van der Waals surface area (Å²) >= 11 is 0. The van der Waals surface area contributed by atoms with Gasteiger partial charge in [-0.3, -0.25) is 15.0 Å². The van der Waals surface area contributed by atoms with Gasteiger partial charge in [0.05, 0.1) is 12.6 Å². The largest absolute Gasteiger partial charge is 0.346 e. The molecule has 4 aliphatic rings. The minimum atomic E-state index is 0.286. The summed E-state index contributed by atoms with van der Waals surface area (Å²) in [6.45, 7) is 1.80. The highest BCUT2D eigenvalue weighted by molar-refractivity contribution is 5.72. The van der Waals surface area contributed by atoms with Gasteiger partial charge in [0, 0.05) is 61.9 Å². The topological polar surface area (TPSA) is 40.3 Å². The lowest BCUT2D eigenvalue weighted by Gasteiger charge is -2.43. The van der Waals surface area contributed by atoms with Crippen LogP contribution in [0.15, 0.2) is 38.5 Å². The smallest absolute Gasteiger partial charge is 0.0890 e. The Kier molecular flexibility index (Phi) is 3.02. The Morgan fingerprint density at radius 2 is 2.15 bits per heavy atom. The van der Waals surface area contributed by atoms with Gasteiger partial charge >= 0.3 is 0 Å². The number of dihydropyridines is 1. The Labute approximate surface area is 119 Å². The number of nitrogens with zero attached hydrogens (tertiary/aromatic N) is 4. The van der Waals surface area contributed by atoms with Crippen LogP contribution in [0.2, 0.25) is 0 Å². The number of hydrogen-bond donors (Lipinski definition) is 0. The molecule has 3 atom stereocenters. The van der Waals surface area contributed by atoms with Crippen LogP contribution in [-0.2, 0) is 0 Å². The van der Waals surface area contributed by atoms with Crippen LogP contribution in [0.3, 0.4) is 0 Å². The summed E-state index contributed by atoms with van der Waals surface area (Å²) in [4.78, 5) is 16.0. The van der Waals surface area contributed by atoms with E-state index in [1.807, 2.05) is 0 Å². The van der Waals surface area contributed by atoms with Crippen molar-refractivity contribution in [3.8, 4) is 0 Å². The Morgan fingerprint density at radius 1 is 1.15 bits per heavy atom. The molecule has 0 aromatic heterocycles. The average molecular weight is 268 g/mol. The normalized spacial score (nSPS) is 35.2. The molecule has 4 aliphatic heterocycles. The SMILES string of the molecule is C1=CN(C2CC=NC3C=NCCC32)C2=C(C1)CC=NC2. The fourth-order valence-electron chi connectivity index (χ4n) is 3.77. The Balaban J connectivity index is 1.64. The molecule has 4 nitrogen and oxygen atoms in total. The van der Waals surface area contributed by atoms with Gasteiger partial charge in [-0.15, -0.1) is 0 Å². The molecule has 3 unspecified atom stereocenters. The summed E-state index contributed by atoms with van der Waals surface area (Å²) in [7, 11) is 0. The molecule has 0 radical (unpaired) electrons. The van der Waals surface area contributed by atoms with E-state index in [0.717, 1.165) is 38.8 Å². The van der Waals surface area contributed by atoms with Crippen molar-refractivity contribution in [1.29, 1.82) is 0 Å². The molecule has 0 aliphatic carbocycles. The van der Waals surface area contributed by atoms with E-state index >= 15 is 0 Å². The van der Waals surface area contributed by atoms with Gasteiger partial charge in [0.2, 0.25) is 0 Å². The number of hydrogen-bond acceptors (Lipinski definition) is 4. The molecule has 0 spiro atoms. The molecular weight excluding hydrogens is 248 g/mol. The van der Waals surface area contributed by atoms with Crippen molar-refractivity contribution in [2.45, 2.75) is 37.8 Å². The van der Waals surface area contributed by atoms with E-state index in [1.54, 1.807) is 5.57 Å². The molecule has 4 rings (SSSR count). The molecule has 104 valence electrons. The van der Waals surface area contributed by atoms with Gasteiger partial charge in [-0.25, -0.2) is 0 Å². The number of allylic oxidation sites excluding steroid dienone is 2. The zero-order chi connectivity index (χ0) is 13.4. The number of fused-ring (bicyclic) bond motifs is 1. The molecule has 0 aromatic rings. The van der Waals surface area contributed by atoms with E-state index in [-0.39, 0.29) is 6.04 Å². The first-order valence-electron chi connectivity index (χ1n) is 7.59. The second-order valence-corrected chi connectivity index (χ2v) is 5.91. The fourth-order valence-corrected chi connectivity index (χ4v) is 3.77. The van der Waals surface area contributed by atoms with Gasteiger partial charge in [-0.1, -0.05) is 6.08 Å². The van der Waals surface area contributed by atoms with Gasteiger partial charge in [0.1, 0.15) is 0 Å². The lowest BCUT2D eigenvalue weighted by molar-refractivity contribution is 0.212. The first kappa shape index (κ1) is 12.1. The monoisotopic (exact) mass is 268 g/mol. The molecule has 4 heteroatoms. The summed E-state index contributed by atoms with van der Waals surface area (Å²) in [5.74, 6) is 0.597. The van der Waals surface area contributed by atoms with E-state index in [2.05, 4.69) is 50.8 Å². The van der Waals surface area contributed by atoms with Gasteiger partial charge < -0.3 is 4.90 Å². The minimum absolute atomic E-state index is 0.286. The molecule has 0 N–H and O–H groups in total. The average Bonchev–Trinajstić information content (AvgIpc) is 2.54. The van der Waals surface area contributed by atoms with Gasteiger partial charge in [-0.2, -0.15) is 0 Å². The Hall–Kier alpha value is -1.71. The summed E-state index contributed by atoms with van der Waals surface area (Å²) < 4.78 is 0. The molecule has 0 saturated heterocycles. The second-order valence-electron chi connectivity index (χ2n) is 5.91. The molecule has 20 heavy (non-hydrogen) atoms. The van der Waals surface area contributed by atoms with Crippen molar-refractivity contribution in [1.82, 2.24) is 4.90 Å². The third-order valence-electron chi connectivity index (χ3n) is 4.82. The molecule has 0 bridgehead atoms. The van der Waals surface area contributed by atoms with E-state index in [1.165, 1.54) is 5.70 Å². The van der Waals surface area contributed by atoms with Crippen molar-refractivity contribution in [3.05, 3.63) is 23.5 Å². The van der Waals surface area contributed by atoms with Crippen molar-refractivity contribution >= 4 is 18.6 Å². The predicted octanol–water partition coefficient (Wildman–Crippen LogP) is 2.24. The van der Waals surface area contributed by atoms with Crippen LogP contribution in [0, 0.1) is 5.92 Å².